The number of hydrogen-bond acceptors (Lipinski definition) is 2. The van der Waals surface area contributed by atoms with Crippen LogP contribution in [0.3, 0.4) is 0 Å². The second-order valence-corrected chi connectivity index (χ2v) is 5.59. The summed E-state index contributed by atoms with van der Waals surface area (Å²) < 4.78 is 0. The van der Waals surface area contributed by atoms with Gasteiger partial charge < -0.3 is 11.1 Å². The van der Waals surface area contributed by atoms with Gasteiger partial charge in [-0.1, -0.05) is 6.92 Å². The molecule has 82 valence electrons. The van der Waals surface area contributed by atoms with E-state index in [1.807, 2.05) is 0 Å². The molecule has 0 spiro atoms. The van der Waals surface area contributed by atoms with Crippen LogP contribution in [-0.4, -0.2) is 18.1 Å². The van der Waals surface area contributed by atoms with Crippen molar-refractivity contribution in [2.24, 2.45) is 17.6 Å². The first-order chi connectivity index (χ1) is 6.62. The Labute approximate surface area is 87.6 Å². The van der Waals surface area contributed by atoms with E-state index in [2.05, 4.69) is 19.2 Å². The van der Waals surface area contributed by atoms with E-state index in [1.54, 1.807) is 0 Å². The van der Waals surface area contributed by atoms with Crippen LogP contribution >= 0.6 is 0 Å². The largest absolute Gasteiger partial charge is 0.324 e. The highest BCUT2D eigenvalue weighted by Gasteiger charge is 2.41. The molecule has 2 heteroatoms. The molecule has 1 unspecified atom stereocenters. The molecule has 0 saturated heterocycles. The van der Waals surface area contributed by atoms with Crippen LogP contribution in [0.2, 0.25) is 0 Å². The predicted octanol–water partition coefficient (Wildman–Crippen LogP) is 1.89. The molecular formula is C12H24N2. The monoisotopic (exact) mass is 196 g/mol. The lowest BCUT2D eigenvalue weighted by Crippen LogP contribution is -2.49. The Kier molecular flexibility index (Phi) is 2.85. The van der Waals surface area contributed by atoms with Crippen LogP contribution < -0.4 is 11.1 Å². The zero-order valence-electron chi connectivity index (χ0n) is 9.55. The number of nitrogens with two attached hydrogens (primary N) is 1. The Bertz CT molecular complexity index is 180. The van der Waals surface area contributed by atoms with Gasteiger partial charge in [-0.2, -0.15) is 0 Å². The van der Waals surface area contributed by atoms with E-state index in [9.17, 15) is 0 Å². The summed E-state index contributed by atoms with van der Waals surface area (Å²) in [5.74, 6) is 1.96. The van der Waals surface area contributed by atoms with Crippen LogP contribution in [0.5, 0.6) is 0 Å². The minimum absolute atomic E-state index is 0.0119. The number of rotatable bonds is 6. The summed E-state index contributed by atoms with van der Waals surface area (Å²) in [5, 5.41) is 3.71. The Morgan fingerprint density at radius 1 is 1.29 bits per heavy atom. The molecule has 3 N–H and O–H groups in total. The maximum atomic E-state index is 6.14. The van der Waals surface area contributed by atoms with Crippen molar-refractivity contribution in [2.45, 2.75) is 57.5 Å². The maximum Gasteiger partial charge on any atom is 0.0249 e. The first kappa shape index (κ1) is 10.4. The first-order valence-corrected chi connectivity index (χ1v) is 6.14. The van der Waals surface area contributed by atoms with Gasteiger partial charge in [0.15, 0.2) is 0 Å². The zero-order chi connectivity index (χ0) is 10.2. The highest BCUT2D eigenvalue weighted by molar-refractivity contribution is 4.97. The Balaban J connectivity index is 1.76. The fourth-order valence-electron chi connectivity index (χ4n) is 2.10. The highest BCUT2D eigenvalue weighted by atomic mass is 15.0. The summed E-state index contributed by atoms with van der Waals surface area (Å²) in [7, 11) is 0. The van der Waals surface area contributed by atoms with Gasteiger partial charge >= 0.3 is 0 Å². The fraction of sp³-hybridized carbons (Fsp3) is 1.00. The molecule has 2 aliphatic carbocycles. The molecule has 2 aliphatic rings. The molecule has 0 aromatic heterocycles. The second-order valence-electron chi connectivity index (χ2n) is 5.59. The number of hydrogen-bond donors (Lipinski definition) is 2. The van der Waals surface area contributed by atoms with Crippen molar-refractivity contribution in [3.05, 3.63) is 0 Å². The van der Waals surface area contributed by atoms with Crippen LogP contribution in [-0.2, 0) is 0 Å². The molecule has 2 fully saturated rings. The summed E-state index contributed by atoms with van der Waals surface area (Å²) in [6.45, 7) is 5.31. The van der Waals surface area contributed by atoms with Crippen molar-refractivity contribution in [1.82, 2.24) is 5.32 Å². The zero-order valence-corrected chi connectivity index (χ0v) is 9.55. The third-order valence-electron chi connectivity index (χ3n) is 3.81. The second kappa shape index (κ2) is 3.82. The van der Waals surface area contributed by atoms with E-state index in [-0.39, 0.29) is 5.54 Å². The van der Waals surface area contributed by atoms with Crippen LogP contribution in [0.1, 0.15) is 46.0 Å². The normalized spacial score (nSPS) is 26.6. The molecule has 2 rings (SSSR count). The Morgan fingerprint density at radius 3 is 2.14 bits per heavy atom. The molecule has 0 bridgehead atoms. The van der Waals surface area contributed by atoms with E-state index in [4.69, 9.17) is 5.73 Å². The van der Waals surface area contributed by atoms with Gasteiger partial charge in [-0.3, -0.25) is 0 Å². The molecule has 0 heterocycles. The van der Waals surface area contributed by atoms with Crippen molar-refractivity contribution in [2.75, 3.05) is 6.54 Å². The minimum atomic E-state index is -0.0119. The van der Waals surface area contributed by atoms with Gasteiger partial charge in [-0.15, -0.1) is 0 Å². The number of nitrogens with one attached hydrogen (secondary N) is 1. The van der Waals surface area contributed by atoms with E-state index in [0.29, 0.717) is 0 Å². The molecule has 0 amide bonds. The van der Waals surface area contributed by atoms with Crippen molar-refractivity contribution in [3.63, 3.8) is 0 Å². The van der Waals surface area contributed by atoms with Gasteiger partial charge in [0, 0.05) is 18.1 Å². The SMILES string of the molecule is CCC(C)(N)CNC(C1CC1)C1CC1. The molecule has 0 aromatic carbocycles. The van der Waals surface area contributed by atoms with Gasteiger partial charge in [-0.05, 0) is 50.9 Å². The molecule has 0 aliphatic heterocycles. The van der Waals surface area contributed by atoms with Gasteiger partial charge in [0.25, 0.3) is 0 Å². The first-order valence-electron chi connectivity index (χ1n) is 6.14. The van der Waals surface area contributed by atoms with Crippen molar-refractivity contribution in [1.29, 1.82) is 0 Å². The third kappa shape index (κ3) is 2.71. The van der Waals surface area contributed by atoms with E-state index in [1.165, 1.54) is 25.7 Å². The molecule has 14 heavy (non-hydrogen) atoms. The summed E-state index contributed by atoms with van der Waals surface area (Å²) in [5.41, 5.74) is 6.13. The average Bonchev–Trinajstić information content (AvgIpc) is 2.99. The van der Waals surface area contributed by atoms with Crippen LogP contribution in [0.25, 0.3) is 0 Å². The van der Waals surface area contributed by atoms with E-state index in [0.717, 1.165) is 30.8 Å². The van der Waals surface area contributed by atoms with Gasteiger partial charge in [0.1, 0.15) is 0 Å². The lowest BCUT2D eigenvalue weighted by Gasteiger charge is -2.27. The van der Waals surface area contributed by atoms with Crippen molar-refractivity contribution < 1.29 is 0 Å². The third-order valence-corrected chi connectivity index (χ3v) is 3.81. The van der Waals surface area contributed by atoms with E-state index >= 15 is 0 Å². The van der Waals surface area contributed by atoms with Crippen LogP contribution in [0.15, 0.2) is 0 Å². The average molecular weight is 196 g/mol. The quantitative estimate of drug-likeness (QED) is 0.681. The lowest BCUT2D eigenvalue weighted by molar-refractivity contribution is 0.344. The van der Waals surface area contributed by atoms with Gasteiger partial charge in [-0.25, -0.2) is 0 Å². The van der Waals surface area contributed by atoms with Crippen molar-refractivity contribution >= 4 is 0 Å². The van der Waals surface area contributed by atoms with E-state index < -0.39 is 0 Å². The predicted molar refractivity (Wildman–Crippen MR) is 60.1 cm³/mol. The molecular weight excluding hydrogens is 172 g/mol. The molecule has 2 saturated carbocycles. The lowest BCUT2D eigenvalue weighted by atomic mass is 9.99. The summed E-state index contributed by atoms with van der Waals surface area (Å²) in [6.07, 6.45) is 6.84. The minimum Gasteiger partial charge on any atom is -0.324 e. The molecule has 0 radical (unpaired) electrons. The van der Waals surface area contributed by atoms with Gasteiger partial charge in [0.05, 0.1) is 0 Å². The smallest absolute Gasteiger partial charge is 0.0249 e. The van der Waals surface area contributed by atoms with Crippen molar-refractivity contribution in [3.8, 4) is 0 Å². The van der Waals surface area contributed by atoms with Gasteiger partial charge in [0.2, 0.25) is 0 Å². The van der Waals surface area contributed by atoms with Crippen LogP contribution in [0, 0.1) is 11.8 Å². The Hall–Kier alpha value is -0.0800. The highest BCUT2D eigenvalue weighted by Crippen LogP contribution is 2.44. The maximum absolute atomic E-state index is 6.14. The molecule has 2 nitrogen and oxygen atoms in total. The summed E-state index contributed by atoms with van der Waals surface area (Å²) in [4.78, 5) is 0. The van der Waals surface area contributed by atoms with Crippen LogP contribution in [0.4, 0.5) is 0 Å². The molecule has 1 atom stereocenters. The summed E-state index contributed by atoms with van der Waals surface area (Å²) in [6, 6.07) is 0.796. The topological polar surface area (TPSA) is 38.0 Å². The standard InChI is InChI=1S/C12H24N2/c1-3-12(2,13)8-14-11(9-4-5-9)10-6-7-10/h9-11,14H,3-8,13H2,1-2H3. The Morgan fingerprint density at radius 2 is 1.79 bits per heavy atom. The fourth-order valence-corrected chi connectivity index (χ4v) is 2.10. The molecule has 0 aromatic rings. The summed E-state index contributed by atoms with van der Waals surface area (Å²) >= 11 is 0.